The molecule has 15 heavy (non-hydrogen) atoms. The van der Waals surface area contributed by atoms with Crippen molar-refractivity contribution >= 4 is 11.7 Å². The van der Waals surface area contributed by atoms with Gasteiger partial charge in [-0.1, -0.05) is 17.9 Å². The summed E-state index contributed by atoms with van der Waals surface area (Å²) in [5.74, 6) is 4.46. The average Bonchev–Trinajstić information content (AvgIpc) is 2.17. The van der Waals surface area contributed by atoms with Gasteiger partial charge in [-0.3, -0.25) is 0 Å². The van der Waals surface area contributed by atoms with Crippen molar-refractivity contribution in [2.45, 2.75) is 6.42 Å². The van der Waals surface area contributed by atoms with Crippen LogP contribution in [0.4, 0.5) is 5.69 Å². The number of carbonyl (C=O) groups is 1. The minimum atomic E-state index is -1.06. The number of rotatable bonds is 2. The standard InChI is InChI=1S/C11H12N2O2/c12-7-2-1-4-8-5-3-6-9(13)10(8)11(14)15/h3,5-6H,2,7,12-13H2,(H,14,15). The molecule has 0 aromatic heterocycles. The maximum Gasteiger partial charge on any atom is 0.339 e. The Morgan fingerprint density at radius 3 is 2.80 bits per heavy atom. The highest BCUT2D eigenvalue weighted by Crippen LogP contribution is 2.15. The Labute approximate surface area is 87.9 Å². The van der Waals surface area contributed by atoms with Crippen LogP contribution < -0.4 is 11.5 Å². The molecule has 0 aliphatic rings. The molecule has 0 saturated carbocycles. The molecule has 0 heterocycles. The molecule has 0 bridgehead atoms. The lowest BCUT2D eigenvalue weighted by atomic mass is 10.1. The molecule has 1 rings (SSSR count). The molecule has 0 aliphatic heterocycles. The van der Waals surface area contributed by atoms with Crippen LogP contribution in [0.15, 0.2) is 18.2 Å². The first-order chi connectivity index (χ1) is 7.16. The summed E-state index contributed by atoms with van der Waals surface area (Å²) in [6, 6.07) is 4.84. The molecule has 0 aliphatic carbocycles. The molecule has 1 aromatic carbocycles. The monoisotopic (exact) mass is 204 g/mol. The number of nitrogens with two attached hydrogens (primary N) is 2. The largest absolute Gasteiger partial charge is 0.478 e. The smallest absolute Gasteiger partial charge is 0.339 e. The van der Waals surface area contributed by atoms with Gasteiger partial charge in [-0.2, -0.15) is 0 Å². The van der Waals surface area contributed by atoms with Crippen LogP contribution in [0.2, 0.25) is 0 Å². The Hall–Kier alpha value is -1.99. The maximum atomic E-state index is 10.9. The number of hydrogen-bond acceptors (Lipinski definition) is 3. The first kappa shape index (κ1) is 11.1. The molecule has 0 amide bonds. The van der Waals surface area contributed by atoms with E-state index in [0.717, 1.165) is 0 Å². The molecule has 0 radical (unpaired) electrons. The molecular formula is C11H12N2O2. The summed E-state index contributed by atoms with van der Waals surface area (Å²) in [5.41, 5.74) is 11.5. The molecule has 0 atom stereocenters. The van der Waals surface area contributed by atoms with E-state index >= 15 is 0 Å². The topological polar surface area (TPSA) is 89.3 Å². The number of aromatic carboxylic acids is 1. The summed E-state index contributed by atoms with van der Waals surface area (Å²) in [7, 11) is 0. The second kappa shape index (κ2) is 5.03. The van der Waals surface area contributed by atoms with Crippen molar-refractivity contribution < 1.29 is 9.90 Å². The number of anilines is 1. The third kappa shape index (κ3) is 2.73. The van der Waals surface area contributed by atoms with Crippen molar-refractivity contribution in [2.24, 2.45) is 5.73 Å². The van der Waals surface area contributed by atoms with Gasteiger partial charge in [0.2, 0.25) is 0 Å². The fourth-order valence-electron chi connectivity index (χ4n) is 1.14. The summed E-state index contributed by atoms with van der Waals surface area (Å²) in [4.78, 5) is 10.9. The van der Waals surface area contributed by atoms with Gasteiger partial charge in [-0.05, 0) is 12.1 Å². The average molecular weight is 204 g/mol. The van der Waals surface area contributed by atoms with Crippen LogP contribution in [0, 0.1) is 11.8 Å². The summed E-state index contributed by atoms with van der Waals surface area (Å²) in [6.45, 7) is 0.456. The Balaban J connectivity index is 3.13. The first-order valence-electron chi connectivity index (χ1n) is 4.47. The number of benzene rings is 1. The van der Waals surface area contributed by atoms with Gasteiger partial charge in [0.05, 0.1) is 5.56 Å². The van der Waals surface area contributed by atoms with Gasteiger partial charge in [-0.25, -0.2) is 4.79 Å². The van der Waals surface area contributed by atoms with Crippen LogP contribution >= 0.6 is 0 Å². The number of carboxylic acid groups (broad SMARTS) is 1. The highest BCUT2D eigenvalue weighted by molar-refractivity contribution is 5.96. The lowest BCUT2D eigenvalue weighted by Gasteiger charge is -2.02. The van der Waals surface area contributed by atoms with Crippen molar-refractivity contribution in [3.05, 3.63) is 29.3 Å². The van der Waals surface area contributed by atoms with Crippen LogP contribution in [0.1, 0.15) is 22.3 Å². The molecule has 0 fully saturated rings. The molecular weight excluding hydrogens is 192 g/mol. The number of carboxylic acids is 1. The van der Waals surface area contributed by atoms with Crippen molar-refractivity contribution in [3.8, 4) is 11.8 Å². The summed E-state index contributed by atoms with van der Waals surface area (Å²) in [6.07, 6.45) is 0.536. The zero-order valence-electron chi connectivity index (χ0n) is 8.16. The normalized spacial score (nSPS) is 9.13. The van der Waals surface area contributed by atoms with Gasteiger partial charge in [0.15, 0.2) is 0 Å². The SMILES string of the molecule is NCCC#Cc1cccc(N)c1C(=O)O. The Kier molecular flexibility index (Phi) is 3.72. The third-order valence-corrected chi connectivity index (χ3v) is 1.80. The van der Waals surface area contributed by atoms with E-state index in [-0.39, 0.29) is 11.3 Å². The van der Waals surface area contributed by atoms with E-state index in [1.165, 1.54) is 6.07 Å². The van der Waals surface area contributed by atoms with Crippen LogP contribution in [0.3, 0.4) is 0 Å². The van der Waals surface area contributed by atoms with E-state index in [0.29, 0.717) is 18.5 Å². The van der Waals surface area contributed by atoms with E-state index in [9.17, 15) is 4.79 Å². The summed E-state index contributed by atoms with van der Waals surface area (Å²) in [5, 5.41) is 8.93. The van der Waals surface area contributed by atoms with Gasteiger partial charge < -0.3 is 16.6 Å². The first-order valence-corrected chi connectivity index (χ1v) is 4.47. The molecule has 0 saturated heterocycles. The van der Waals surface area contributed by atoms with Gasteiger partial charge >= 0.3 is 5.97 Å². The predicted molar refractivity (Wildman–Crippen MR) is 58.4 cm³/mol. The van der Waals surface area contributed by atoms with E-state index < -0.39 is 5.97 Å². The predicted octanol–water partition coefficient (Wildman–Crippen LogP) is 0.667. The Bertz CT molecular complexity index is 430. The molecule has 0 unspecified atom stereocenters. The van der Waals surface area contributed by atoms with Crippen molar-refractivity contribution in [1.82, 2.24) is 0 Å². The minimum Gasteiger partial charge on any atom is -0.478 e. The van der Waals surface area contributed by atoms with E-state index in [2.05, 4.69) is 11.8 Å². The van der Waals surface area contributed by atoms with E-state index in [1.54, 1.807) is 12.1 Å². The lowest BCUT2D eigenvalue weighted by molar-refractivity contribution is 0.0698. The van der Waals surface area contributed by atoms with Crippen molar-refractivity contribution in [3.63, 3.8) is 0 Å². The Morgan fingerprint density at radius 1 is 1.47 bits per heavy atom. The molecule has 0 spiro atoms. The van der Waals surface area contributed by atoms with Gasteiger partial charge in [0.1, 0.15) is 0 Å². The van der Waals surface area contributed by atoms with Gasteiger partial charge in [-0.15, -0.1) is 0 Å². The molecule has 4 heteroatoms. The highest BCUT2D eigenvalue weighted by Gasteiger charge is 2.11. The zero-order valence-corrected chi connectivity index (χ0v) is 8.16. The van der Waals surface area contributed by atoms with Crippen LogP contribution in [-0.2, 0) is 0 Å². The van der Waals surface area contributed by atoms with Gasteiger partial charge in [0, 0.05) is 24.2 Å². The summed E-state index contributed by atoms with van der Waals surface area (Å²) >= 11 is 0. The zero-order chi connectivity index (χ0) is 11.3. The number of hydrogen-bond donors (Lipinski definition) is 3. The van der Waals surface area contributed by atoms with Crippen molar-refractivity contribution in [1.29, 1.82) is 0 Å². The maximum absolute atomic E-state index is 10.9. The fraction of sp³-hybridized carbons (Fsp3) is 0.182. The van der Waals surface area contributed by atoms with Crippen LogP contribution in [0.25, 0.3) is 0 Å². The van der Waals surface area contributed by atoms with Crippen LogP contribution in [0.5, 0.6) is 0 Å². The number of nitrogen functional groups attached to an aromatic ring is 1. The molecule has 5 N–H and O–H groups in total. The second-order valence-electron chi connectivity index (χ2n) is 2.92. The van der Waals surface area contributed by atoms with Crippen molar-refractivity contribution in [2.75, 3.05) is 12.3 Å². The quantitative estimate of drug-likeness (QED) is 0.488. The minimum absolute atomic E-state index is 0.0574. The van der Waals surface area contributed by atoms with Crippen LogP contribution in [-0.4, -0.2) is 17.6 Å². The van der Waals surface area contributed by atoms with E-state index in [4.69, 9.17) is 16.6 Å². The summed E-state index contributed by atoms with van der Waals surface area (Å²) < 4.78 is 0. The molecule has 78 valence electrons. The third-order valence-electron chi connectivity index (χ3n) is 1.80. The Morgan fingerprint density at radius 2 is 2.20 bits per heavy atom. The van der Waals surface area contributed by atoms with Gasteiger partial charge in [0.25, 0.3) is 0 Å². The molecule has 4 nitrogen and oxygen atoms in total. The fourth-order valence-corrected chi connectivity index (χ4v) is 1.14. The molecule has 1 aromatic rings. The second-order valence-corrected chi connectivity index (χ2v) is 2.92. The lowest BCUT2D eigenvalue weighted by Crippen LogP contribution is -2.05. The highest BCUT2D eigenvalue weighted by atomic mass is 16.4. The van der Waals surface area contributed by atoms with E-state index in [1.807, 2.05) is 0 Å².